The van der Waals surface area contributed by atoms with Gasteiger partial charge < -0.3 is 10.2 Å². The summed E-state index contributed by atoms with van der Waals surface area (Å²) in [4.78, 5) is 0. The van der Waals surface area contributed by atoms with E-state index < -0.39 is 0 Å². The number of hydrogen-bond acceptors (Lipinski definition) is 2. The summed E-state index contributed by atoms with van der Waals surface area (Å²) in [6.45, 7) is 4.25. The van der Waals surface area contributed by atoms with Crippen molar-refractivity contribution >= 4 is 0 Å². The van der Waals surface area contributed by atoms with Crippen molar-refractivity contribution in [1.82, 2.24) is 0 Å². The molecule has 0 radical (unpaired) electrons. The number of phenolic OH excluding ortho intramolecular Hbond substituents is 2. The van der Waals surface area contributed by atoms with Gasteiger partial charge in [-0.15, -0.1) is 0 Å². The highest BCUT2D eigenvalue weighted by molar-refractivity contribution is 5.49. The van der Waals surface area contributed by atoms with E-state index in [0.717, 1.165) is 30.4 Å². The van der Waals surface area contributed by atoms with Gasteiger partial charge in [0.25, 0.3) is 0 Å². The van der Waals surface area contributed by atoms with E-state index in [0.29, 0.717) is 0 Å². The smallest absolute Gasteiger partial charge is 0.160 e. The quantitative estimate of drug-likeness (QED) is 0.568. The lowest BCUT2D eigenvalue weighted by Crippen LogP contribution is -1.94. The fourth-order valence-corrected chi connectivity index (χ4v) is 2.00. The maximum absolute atomic E-state index is 9.82. The number of aromatic hydroxyl groups is 2. The van der Waals surface area contributed by atoms with E-state index in [1.54, 1.807) is 6.07 Å². The van der Waals surface area contributed by atoms with Crippen molar-refractivity contribution in [3.05, 3.63) is 23.3 Å². The van der Waals surface area contributed by atoms with Gasteiger partial charge in [-0.3, -0.25) is 0 Å². The summed E-state index contributed by atoms with van der Waals surface area (Å²) in [5.74, 6) is 0.0820. The molecule has 2 N–H and O–H groups in total. The zero-order valence-corrected chi connectivity index (χ0v) is 10.3. The van der Waals surface area contributed by atoms with Gasteiger partial charge in [0.1, 0.15) is 0 Å². The average molecular weight is 222 g/mol. The summed E-state index contributed by atoms with van der Waals surface area (Å²) in [5, 5.41) is 19.3. The summed E-state index contributed by atoms with van der Waals surface area (Å²) in [7, 11) is 0. The van der Waals surface area contributed by atoms with Crippen molar-refractivity contribution in [1.29, 1.82) is 0 Å². The second-order valence-corrected chi connectivity index (χ2v) is 4.24. The predicted octanol–water partition coefficient (Wildman–Crippen LogP) is 3.78. The summed E-state index contributed by atoms with van der Waals surface area (Å²) >= 11 is 0. The second kappa shape index (κ2) is 6.41. The number of phenols is 2. The SMILES string of the molecule is CCCCCCc1c(CC)ccc(O)c1O. The van der Waals surface area contributed by atoms with Gasteiger partial charge in [-0.05, 0) is 30.9 Å². The van der Waals surface area contributed by atoms with E-state index >= 15 is 0 Å². The molecule has 0 bridgehead atoms. The van der Waals surface area contributed by atoms with Crippen LogP contribution in [0.15, 0.2) is 12.1 Å². The first-order valence-electron chi connectivity index (χ1n) is 6.23. The minimum Gasteiger partial charge on any atom is -0.504 e. The minimum atomic E-state index is 0.00249. The van der Waals surface area contributed by atoms with Gasteiger partial charge in [-0.2, -0.15) is 0 Å². The second-order valence-electron chi connectivity index (χ2n) is 4.24. The van der Waals surface area contributed by atoms with E-state index in [9.17, 15) is 10.2 Å². The Labute approximate surface area is 97.9 Å². The lowest BCUT2D eigenvalue weighted by atomic mass is 9.98. The fourth-order valence-electron chi connectivity index (χ4n) is 2.00. The Bertz CT molecular complexity index is 332. The molecular formula is C14H22O2. The van der Waals surface area contributed by atoms with Gasteiger partial charge in [0.2, 0.25) is 0 Å². The largest absolute Gasteiger partial charge is 0.504 e. The molecular weight excluding hydrogens is 200 g/mol. The summed E-state index contributed by atoms with van der Waals surface area (Å²) < 4.78 is 0. The van der Waals surface area contributed by atoms with Crippen LogP contribution in [-0.4, -0.2) is 10.2 Å². The van der Waals surface area contributed by atoms with Crippen LogP contribution in [-0.2, 0) is 12.8 Å². The maximum atomic E-state index is 9.82. The highest BCUT2D eigenvalue weighted by atomic mass is 16.3. The number of aryl methyl sites for hydroxylation is 1. The van der Waals surface area contributed by atoms with E-state index in [1.165, 1.54) is 19.3 Å². The lowest BCUT2D eigenvalue weighted by Gasteiger charge is -2.11. The molecule has 0 heterocycles. The number of rotatable bonds is 6. The van der Waals surface area contributed by atoms with Crippen LogP contribution in [0.3, 0.4) is 0 Å². The monoisotopic (exact) mass is 222 g/mol. The molecule has 90 valence electrons. The lowest BCUT2D eigenvalue weighted by molar-refractivity contribution is 0.398. The molecule has 0 atom stereocenters. The van der Waals surface area contributed by atoms with E-state index in [4.69, 9.17) is 0 Å². The van der Waals surface area contributed by atoms with Crippen molar-refractivity contribution < 1.29 is 10.2 Å². The Morgan fingerprint density at radius 2 is 1.75 bits per heavy atom. The average Bonchev–Trinajstić information content (AvgIpc) is 2.30. The van der Waals surface area contributed by atoms with Gasteiger partial charge in [-0.25, -0.2) is 0 Å². The van der Waals surface area contributed by atoms with Crippen LogP contribution in [0.5, 0.6) is 11.5 Å². The molecule has 1 aromatic rings. The maximum Gasteiger partial charge on any atom is 0.160 e. The Balaban J connectivity index is 2.72. The van der Waals surface area contributed by atoms with Crippen LogP contribution in [0.1, 0.15) is 50.7 Å². The van der Waals surface area contributed by atoms with E-state index in [1.807, 2.05) is 6.07 Å². The molecule has 2 nitrogen and oxygen atoms in total. The standard InChI is InChI=1S/C14H22O2/c1-3-5-6-7-8-12-11(4-2)9-10-13(15)14(12)16/h9-10,15-16H,3-8H2,1-2H3. The molecule has 0 fully saturated rings. The molecule has 0 unspecified atom stereocenters. The van der Waals surface area contributed by atoms with Gasteiger partial charge in [0.05, 0.1) is 0 Å². The normalized spacial score (nSPS) is 10.6. The molecule has 16 heavy (non-hydrogen) atoms. The van der Waals surface area contributed by atoms with Crippen LogP contribution in [0, 0.1) is 0 Å². The molecule has 1 rings (SSSR count). The summed E-state index contributed by atoms with van der Waals surface area (Å²) in [5.41, 5.74) is 2.07. The van der Waals surface area contributed by atoms with Crippen LogP contribution in [0.2, 0.25) is 0 Å². The molecule has 0 aliphatic heterocycles. The molecule has 0 aromatic heterocycles. The Kier molecular flexibility index (Phi) is 5.17. The summed E-state index contributed by atoms with van der Waals surface area (Å²) in [6, 6.07) is 3.48. The first-order valence-corrected chi connectivity index (χ1v) is 6.23. The third-order valence-electron chi connectivity index (χ3n) is 3.02. The van der Waals surface area contributed by atoms with Crippen molar-refractivity contribution in [3.63, 3.8) is 0 Å². The van der Waals surface area contributed by atoms with Crippen molar-refractivity contribution in [2.75, 3.05) is 0 Å². The van der Waals surface area contributed by atoms with Crippen molar-refractivity contribution in [2.24, 2.45) is 0 Å². The number of hydrogen-bond donors (Lipinski definition) is 2. The first-order chi connectivity index (χ1) is 7.70. The van der Waals surface area contributed by atoms with Crippen molar-refractivity contribution in [2.45, 2.75) is 52.4 Å². The zero-order valence-electron chi connectivity index (χ0n) is 10.3. The van der Waals surface area contributed by atoms with Gasteiger partial charge in [0.15, 0.2) is 11.5 Å². The van der Waals surface area contributed by atoms with Crippen LogP contribution >= 0.6 is 0 Å². The fraction of sp³-hybridized carbons (Fsp3) is 0.571. The zero-order chi connectivity index (χ0) is 12.0. The van der Waals surface area contributed by atoms with Crippen LogP contribution < -0.4 is 0 Å². The minimum absolute atomic E-state index is 0.00249. The Morgan fingerprint density at radius 3 is 2.38 bits per heavy atom. The first kappa shape index (κ1) is 12.9. The Hall–Kier alpha value is -1.18. The molecule has 0 aliphatic rings. The molecule has 0 amide bonds. The molecule has 0 spiro atoms. The molecule has 0 saturated heterocycles. The molecule has 1 aromatic carbocycles. The summed E-state index contributed by atoms with van der Waals surface area (Å²) in [6.07, 6.45) is 6.49. The van der Waals surface area contributed by atoms with Crippen molar-refractivity contribution in [3.8, 4) is 11.5 Å². The van der Waals surface area contributed by atoms with Crippen LogP contribution in [0.25, 0.3) is 0 Å². The number of unbranched alkanes of at least 4 members (excludes halogenated alkanes) is 3. The third-order valence-corrected chi connectivity index (χ3v) is 3.02. The topological polar surface area (TPSA) is 40.5 Å². The highest BCUT2D eigenvalue weighted by Gasteiger charge is 2.10. The molecule has 0 aliphatic carbocycles. The third kappa shape index (κ3) is 3.16. The van der Waals surface area contributed by atoms with Gasteiger partial charge in [0, 0.05) is 5.56 Å². The predicted molar refractivity (Wildman–Crippen MR) is 67.0 cm³/mol. The Morgan fingerprint density at radius 1 is 1.00 bits per heavy atom. The van der Waals surface area contributed by atoms with E-state index in [2.05, 4.69) is 13.8 Å². The van der Waals surface area contributed by atoms with E-state index in [-0.39, 0.29) is 11.5 Å². The van der Waals surface area contributed by atoms with Gasteiger partial charge >= 0.3 is 0 Å². The van der Waals surface area contributed by atoms with Crippen LogP contribution in [0.4, 0.5) is 0 Å². The highest BCUT2D eigenvalue weighted by Crippen LogP contribution is 2.32. The number of benzene rings is 1. The van der Waals surface area contributed by atoms with Gasteiger partial charge in [-0.1, -0.05) is 39.2 Å². The molecule has 2 heteroatoms. The molecule has 0 saturated carbocycles.